The van der Waals surface area contributed by atoms with Crippen LogP contribution in [-0.4, -0.2) is 25.5 Å². The molecule has 2 aromatic heterocycles. The van der Waals surface area contributed by atoms with Crippen LogP contribution in [-0.2, 0) is 11.3 Å². The molecule has 0 radical (unpaired) electrons. The fourth-order valence-corrected chi connectivity index (χ4v) is 2.09. The molecule has 7 nitrogen and oxygen atoms in total. The summed E-state index contributed by atoms with van der Waals surface area (Å²) in [7, 11) is 0. The van der Waals surface area contributed by atoms with Crippen LogP contribution in [0.5, 0.6) is 5.75 Å². The number of fused-ring (bicyclic) bond motifs is 1. The van der Waals surface area contributed by atoms with Crippen molar-refractivity contribution in [1.29, 1.82) is 0 Å². The Kier molecular flexibility index (Phi) is 3.53. The van der Waals surface area contributed by atoms with Gasteiger partial charge in [-0.2, -0.15) is 0 Å². The molecule has 0 bridgehead atoms. The van der Waals surface area contributed by atoms with Crippen molar-refractivity contribution in [2.24, 2.45) is 0 Å². The van der Waals surface area contributed by atoms with E-state index in [-0.39, 0.29) is 23.7 Å². The highest BCUT2D eigenvalue weighted by molar-refractivity contribution is 5.91. The second-order valence-corrected chi connectivity index (χ2v) is 4.59. The number of anilines is 1. The van der Waals surface area contributed by atoms with Crippen molar-refractivity contribution < 1.29 is 9.90 Å². The fraction of sp³-hybridized carbons (Fsp3) is 0.0667. The van der Waals surface area contributed by atoms with E-state index >= 15 is 0 Å². The molecule has 0 saturated heterocycles. The van der Waals surface area contributed by atoms with E-state index < -0.39 is 5.91 Å². The lowest BCUT2D eigenvalue weighted by Gasteiger charge is -2.10. The van der Waals surface area contributed by atoms with E-state index in [1.807, 2.05) is 0 Å². The molecule has 7 heteroatoms. The number of aromatic hydroxyl groups is 1. The molecule has 2 heterocycles. The molecule has 0 fully saturated rings. The molecule has 0 aliphatic carbocycles. The summed E-state index contributed by atoms with van der Waals surface area (Å²) in [5.41, 5.74) is 0.810. The quantitative estimate of drug-likeness (QED) is 0.755. The summed E-state index contributed by atoms with van der Waals surface area (Å²) >= 11 is 0. The van der Waals surface area contributed by atoms with Gasteiger partial charge in [0.25, 0.3) is 5.56 Å². The molecule has 0 atom stereocenters. The predicted octanol–water partition coefficient (Wildman–Crippen LogP) is 1.14. The van der Waals surface area contributed by atoms with Crippen molar-refractivity contribution in [2.75, 3.05) is 5.32 Å². The van der Waals surface area contributed by atoms with Gasteiger partial charge in [0.2, 0.25) is 5.91 Å². The number of pyridine rings is 1. The SMILES string of the molecule is O=C(Cn1c(=O)cnc2ccccc21)Nc1ncccc1O. The van der Waals surface area contributed by atoms with Crippen LogP contribution in [0.2, 0.25) is 0 Å². The standard InChI is InChI=1S/C15H12N4O3/c20-12-6-3-7-16-15(12)18-13(21)9-19-11-5-2-1-4-10(11)17-8-14(19)22/h1-8,20H,9H2,(H,16,18,21). The maximum absolute atomic E-state index is 12.1. The third-order valence-electron chi connectivity index (χ3n) is 3.10. The minimum atomic E-state index is -0.465. The van der Waals surface area contributed by atoms with Gasteiger partial charge >= 0.3 is 0 Å². The number of aromatic nitrogens is 3. The molecule has 3 rings (SSSR count). The number of amides is 1. The van der Waals surface area contributed by atoms with Crippen molar-refractivity contribution in [3.8, 4) is 5.75 Å². The Hall–Kier alpha value is -3.22. The zero-order valence-electron chi connectivity index (χ0n) is 11.4. The molecular weight excluding hydrogens is 284 g/mol. The lowest BCUT2D eigenvalue weighted by molar-refractivity contribution is -0.116. The average molecular weight is 296 g/mol. The first-order valence-corrected chi connectivity index (χ1v) is 6.53. The van der Waals surface area contributed by atoms with E-state index in [0.717, 1.165) is 0 Å². The normalized spacial score (nSPS) is 10.5. The zero-order valence-corrected chi connectivity index (χ0v) is 11.4. The molecule has 0 aliphatic heterocycles. The van der Waals surface area contributed by atoms with Crippen LogP contribution in [0.25, 0.3) is 11.0 Å². The summed E-state index contributed by atoms with van der Waals surface area (Å²) in [5.74, 6) is -0.547. The van der Waals surface area contributed by atoms with E-state index in [0.29, 0.717) is 11.0 Å². The van der Waals surface area contributed by atoms with Crippen LogP contribution < -0.4 is 10.9 Å². The minimum absolute atomic E-state index is 0.0545. The van der Waals surface area contributed by atoms with E-state index in [4.69, 9.17) is 0 Å². The number of benzene rings is 1. The highest BCUT2D eigenvalue weighted by Crippen LogP contribution is 2.18. The Morgan fingerprint density at radius 3 is 2.82 bits per heavy atom. The first-order valence-electron chi connectivity index (χ1n) is 6.53. The van der Waals surface area contributed by atoms with Crippen LogP contribution in [0.15, 0.2) is 53.6 Å². The van der Waals surface area contributed by atoms with Gasteiger partial charge in [0, 0.05) is 6.20 Å². The van der Waals surface area contributed by atoms with Gasteiger partial charge in [-0.15, -0.1) is 0 Å². The lowest BCUT2D eigenvalue weighted by Crippen LogP contribution is -2.28. The smallest absolute Gasteiger partial charge is 0.269 e. The number of para-hydroxylation sites is 2. The Labute approximate surface area is 124 Å². The Balaban J connectivity index is 1.90. The largest absolute Gasteiger partial charge is 0.504 e. The fourth-order valence-electron chi connectivity index (χ4n) is 2.09. The number of hydrogen-bond acceptors (Lipinski definition) is 5. The van der Waals surface area contributed by atoms with Crippen LogP contribution in [0, 0.1) is 0 Å². The second-order valence-electron chi connectivity index (χ2n) is 4.59. The van der Waals surface area contributed by atoms with Gasteiger partial charge in [-0.1, -0.05) is 12.1 Å². The Bertz CT molecular complexity index is 904. The summed E-state index contributed by atoms with van der Waals surface area (Å²) < 4.78 is 1.32. The molecule has 0 unspecified atom stereocenters. The molecule has 0 spiro atoms. The molecule has 1 aromatic carbocycles. The first-order chi connectivity index (χ1) is 10.6. The van der Waals surface area contributed by atoms with Gasteiger partial charge in [-0.3, -0.25) is 14.2 Å². The zero-order chi connectivity index (χ0) is 15.5. The van der Waals surface area contributed by atoms with Gasteiger partial charge in [-0.25, -0.2) is 9.97 Å². The summed E-state index contributed by atoms with van der Waals surface area (Å²) in [6, 6.07) is 10.0. The van der Waals surface area contributed by atoms with Gasteiger partial charge in [0.05, 0.1) is 17.2 Å². The minimum Gasteiger partial charge on any atom is -0.504 e. The lowest BCUT2D eigenvalue weighted by atomic mass is 10.3. The van der Waals surface area contributed by atoms with Crippen molar-refractivity contribution in [1.82, 2.24) is 14.5 Å². The second kappa shape index (κ2) is 5.65. The van der Waals surface area contributed by atoms with Gasteiger partial charge in [-0.05, 0) is 24.3 Å². The number of rotatable bonds is 3. The highest BCUT2D eigenvalue weighted by atomic mass is 16.3. The molecular formula is C15H12N4O3. The van der Waals surface area contributed by atoms with Gasteiger partial charge in [0.15, 0.2) is 11.6 Å². The van der Waals surface area contributed by atoms with Crippen molar-refractivity contribution in [3.05, 3.63) is 59.1 Å². The van der Waals surface area contributed by atoms with Crippen molar-refractivity contribution >= 4 is 22.8 Å². The predicted molar refractivity (Wildman–Crippen MR) is 80.5 cm³/mol. The number of nitrogens with zero attached hydrogens (tertiary/aromatic N) is 3. The van der Waals surface area contributed by atoms with Crippen LogP contribution >= 0.6 is 0 Å². The van der Waals surface area contributed by atoms with Crippen molar-refractivity contribution in [3.63, 3.8) is 0 Å². The molecule has 0 saturated carbocycles. The molecule has 0 aliphatic rings. The molecule has 3 aromatic rings. The number of hydrogen-bond donors (Lipinski definition) is 2. The summed E-state index contributed by atoms with van der Waals surface area (Å²) in [5, 5.41) is 12.1. The van der Waals surface area contributed by atoms with Gasteiger partial charge in [0.1, 0.15) is 6.54 Å². The number of nitrogens with one attached hydrogen (secondary N) is 1. The Morgan fingerprint density at radius 2 is 2.00 bits per heavy atom. The van der Waals surface area contributed by atoms with E-state index in [1.165, 1.54) is 23.0 Å². The maximum Gasteiger partial charge on any atom is 0.269 e. The van der Waals surface area contributed by atoms with Gasteiger partial charge < -0.3 is 10.4 Å². The Morgan fingerprint density at radius 1 is 1.18 bits per heavy atom. The van der Waals surface area contributed by atoms with Crippen LogP contribution in [0.1, 0.15) is 0 Å². The monoisotopic (exact) mass is 296 g/mol. The average Bonchev–Trinajstić information content (AvgIpc) is 2.52. The maximum atomic E-state index is 12.1. The topological polar surface area (TPSA) is 97.1 Å². The number of carbonyl (C=O) groups is 1. The van der Waals surface area contributed by atoms with Crippen LogP contribution in [0.3, 0.4) is 0 Å². The molecule has 1 amide bonds. The third kappa shape index (κ3) is 2.64. The molecule has 110 valence electrons. The first kappa shape index (κ1) is 13.7. The summed E-state index contributed by atoms with van der Waals surface area (Å²) in [6.07, 6.45) is 2.62. The van der Waals surface area contributed by atoms with Crippen LogP contribution in [0.4, 0.5) is 5.82 Å². The molecule has 2 N–H and O–H groups in total. The summed E-state index contributed by atoms with van der Waals surface area (Å²) in [6.45, 7) is -0.197. The highest BCUT2D eigenvalue weighted by Gasteiger charge is 2.11. The van der Waals surface area contributed by atoms with E-state index in [2.05, 4.69) is 15.3 Å². The molecule has 22 heavy (non-hydrogen) atoms. The van der Waals surface area contributed by atoms with E-state index in [9.17, 15) is 14.7 Å². The summed E-state index contributed by atoms with van der Waals surface area (Å²) in [4.78, 5) is 31.9. The van der Waals surface area contributed by atoms with E-state index in [1.54, 1.807) is 30.3 Å². The third-order valence-corrected chi connectivity index (χ3v) is 3.10. The van der Waals surface area contributed by atoms with Crippen molar-refractivity contribution in [2.45, 2.75) is 6.54 Å². The number of carbonyl (C=O) groups excluding carboxylic acids is 1.